The van der Waals surface area contributed by atoms with Crippen molar-refractivity contribution in [1.82, 2.24) is 15.2 Å². The molecule has 0 saturated heterocycles. The lowest BCUT2D eigenvalue weighted by Crippen LogP contribution is -1.94. The van der Waals surface area contributed by atoms with Crippen LogP contribution in [-0.4, -0.2) is 15.2 Å². The van der Waals surface area contributed by atoms with E-state index in [-0.39, 0.29) is 0 Å². The Morgan fingerprint density at radius 3 is 2.75 bits per heavy atom. The molecule has 2 aromatic heterocycles. The minimum Gasteiger partial charge on any atom is -0.276 e. The van der Waals surface area contributed by atoms with Crippen molar-refractivity contribution in [2.75, 3.05) is 0 Å². The van der Waals surface area contributed by atoms with Gasteiger partial charge in [0.25, 0.3) is 0 Å². The Morgan fingerprint density at radius 1 is 1.12 bits per heavy atom. The van der Waals surface area contributed by atoms with Crippen LogP contribution >= 0.6 is 0 Å². The maximum Gasteiger partial charge on any atom is 0.0883 e. The van der Waals surface area contributed by atoms with Crippen LogP contribution in [0.25, 0.3) is 11.4 Å². The number of pyridine rings is 1. The minimum absolute atomic E-state index is 0.740. The van der Waals surface area contributed by atoms with Crippen LogP contribution in [0.5, 0.6) is 0 Å². The van der Waals surface area contributed by atoms with E-state index in [1.807, 2.05) is 12.3 Å². The van der Waals surface area contributed by atoms with Crippen molar-refractivity contribution < 1.29 is 0 Å². The summed E-state index contributed by atoms with van der Waals surface area (Å²) in [4.78, 5) is 4.38. The summed E-state index contributed by atoms with van der Waals surface area (Å²) in [6, 6.07) is 6.31. The average Bonchev–Trinajstić information content (AvgIpc) is 3.03. The molecule has 1 aliphatic rings. The van der Waals surface area contributed by atoms with Crippen molar-refractivity contribution in [1.29, 1.82) is 0 Å². The number of aromatic amines is 1. The van der Waals surface area contributed by atoms with E-state index in [2.05, 4.69) is 27.3 Å². The largest absolute Gasteiger partial charge is 0.276 e. The molecule has 0 amide bonds. The number of rotatable bonds is 2. The lowest BCUT2D eigenvalue weighted by molar-refractivity contribution is 0.722. The maximum absolute atomic E-state index is 4.38. The zero-order valence-corrected chi connectivity index (χ0v) is 9.19. The van der Waals surface area contributed by atoms with Crippen molar-refractivity contribution >= 4 is 0 Å². The van der Waals surface area contributed by atoms with E-state index < -0.39 is 0 Å². The third kappa shape index (κ3) is 1.73. The first-order chi connectivity index (χ1) is 7.93. The summed E-state index contributed by atoms with van der Waals surface area (Å²) in [7, 11) is 0. The predicted octanol–water partition coefficient (Wildman–Crippen LogP) is 3.13. The Hall–Kier alpha value is -1.64. The van der Waals surface area contributed by atoms with Gasteiger partial charge in [-0.3, -0.25) is 10.1 Å². The van der Waals surface area contributed by atoms with Gasteiger partial charge in [-0.1, -0.05) is 12.8 Å². The first-order valence-electron chi connectivity index (χ1n) is 5.89. The highest BCUT2D eigenvalue weighted by molar-refractivity contribution is 5.54. The summed E-state index contributed by atoms with van der Waals surface area (Å²) >= 11 is 0. The zero-order chi connectivity index (χ0) is 10.8. The molecule has 3 nitrogen and oxygen atoms in total. The Balaban J connectivity index is 1.93. The van der Waals surface area contributed by atoms with Gasteiger partial charge in [0.1, 0.15) is 0 Å². The third-order valence-corrected chi connectivity index (χ3v) is 3.39. The monoisotopic (exact) mass is 213 g/mol. The molecule has 1 N–H and O–H groups in total. The molecular formula is C13H15N3. The first-order valence-corrected chi connectivity index (χ1v) is 5.89. The van der Waals surface area contributed by atoms with E-state index in [4.69, 9.17) is 0 Å². The Morgan fingerprint density at radius 2 is 2.00 bits per heavy atom. The number of nitrogens with one attached hydrogen (secondary N) is 1. The van der Waals surface area contributed by atoms with Crippen molar-refractivity contribution in [3.63, 3.8) is 0 Å². The van der Waals surface area contributed by atoms with Crippen LogP contribution < -0.4 is 0 Å². The van der Waals surface area contributed by atoms with Gasteiger partial charge in [-0.05, 0) is 42.5 Å². The van der Waals surface area contributed by atoms with E-state index >= 15 is 0 Å². The second-order valence-corrected chi connectivity index (χ2v) is 4.43. The van der Waals surface area contributed by atoms with Crippen LogP contribution in [0.4, 0.5) is 0 Å². The highest BCUT2D eigenvalue weighted by Crippen LogP contribution is 2.34. The second-order valence-electron chi connectivity index (χ2n) is 4.43. The number of H-pyrrole nitrogens is 1. The molecule has 3 rings (SSSR count). The van der Waals surface area contributed by atoms with E-state index in [0.29, 0.717) is 0 Å². The Kier molecular flexibility index (Phi) is 2.44. The molecule has 0 unspecified atom stereocenters. The SMILES string of the molecule is c1cc(-c2cc(C3CCCC3)ccn2)[nH]n1. The Bertz CT molecular complexity index is 456. The van der Waals surface area contributed by atoms with Crippen molar-refractivity contribution in [2.24, 2.45) is 0 Å². The minimum atomic E-state index is 0.740. The molecule has 0 bridgehead atoms. The number of nitrogens with zero attached hydrogens (tertiary/aromatic N) is 2. The summed E-state index contributed by atoms with van der Waals surface area (Å²) in [5.74, 6) is 0.740. The van der Waals surface area contributed by atoms with Crippen molar-refractivity contribution in [3.05, 3.63) is 36.2 Å². The van der Waals surface area contributed by atoms with Gasteiger partial charge in [0.15, 0.2) is 0 Å². The normalized spacial score (nSPS) is 16.8. The van der Waals surface area contributed by atoms with Crippen molar-refractivity contribution in [2.45, 2.75) is 31.6 Å². The molecule has 3 heteroatoms. The number of hydrogen-bond acceptors (Lipinski definition) is 2. The van der Waals surface area contributed by atoms with Gasteiger partial charge in [0.05, 0.1) is 11.4 Å². The molecule has 0 radical (unpaired) electrons. The molecule has 0 atom stereocenters. The number of aromatic nitrogens is 3. The summed E-state index contributed by atoms with van der Waals surface area (Å²) in [6.45, 7) is 0. The number of hydrogen-bond donors (Lipinski definition) is 1. The smallest absolute Gasteiger partial charge is 0.0883 e. The van der Waals surface area contributed by atoms with Gasteiger partial charge in [-0.2, -0.15) is 5.10 Å². The van der Waals surface area contributed by atoms with Crippen LogP contribution in [0.2, 0.25) is 0 Å². The fourth-order valence-electron chi connectivity index (χ4n) is 2.51. The standard InChI is InChI=1S/C13H15N3/c1-2-4-10(3-1)11-5-7-14-13(9-11)12-6-8-15-16-12/h5-10H,1-4H2,(H,15,16). The van der Waals surface area contributed by atoms with Gasteiger partial charge in [-0.25, -0.2) is 0 Å². The van der Waals surface area contributed by atoms with Gasteiger partial charge in [0, 0.05) is 12.4 Å². The van der Waals surface area contributed by atoms with Crippen LogP contribution in [0.15, 0.2) is 30.6 Å². The molecule has 0 aromatic carbocycles. The van der Waals surface area contributed by atoms with Gasteiger partial charge >= 0.3 is 0 Å². The topological polar surface area (TPSA) is 41.6 Å². The molecule has 1 fully saturated rings. The Labute approximate surface area is 94.9 Å². The van der Waals surface area contributed by atoms with Gasteiger partial charge in [-0.15, -0.1) is 0 Å². The molecule has 0 spiro atoms. The van der Waals surface area contributed by atoms with E-state index in [0.717, 1.165) is 17.3 Å². The molecule has 2 heterocycles. The molecular weight excluding hydrogens is 198 g/mol. The first kappa shape index (κ1) is 9.58. The summed E-state index contributed by atoms with van der Waals surface area (Å²) in [5, 5.41) is 6.92. The van der Waals surface area contributed by atoms with Crippen LogP contribution in [0, 0.1) is 0 Å². The maximum atomic E-state index is 4.38. The van der Waals surface area contributed by atoms with Crippen LogP contribution in [-0.2, 0) is 0 Å². The molecule has 82 valence electrons. The summed E-state index contributed by atoms with van der Waals surface area (Å²) < 4.78 is 0. The average molecular weight is 213 g/mol. The molecule has 16 heavy (non-hydrogen) atoms. The van der Waals surface area contributed by atoms with E-state index in [1.165, 1.54) is 31.2 Å². The second kappa shape index (κ2) is 4.08. The van der Waals surface area contributed by atoms with Gasteiger partial charge < -0.3 is 0 Å². The molecule has 1 aliphatic carbocycles. The summed E-state index contributed by atoms with van der Waals surface area (Å²) in [5.41, 5.74) is 3.43. The quantitative estimate of drug-likeness (QED) is 0.832. The zero-order valence-electron chi connectivity index (χ0n) is 9.19. The molecule has 1 saturated carbocycles. The fourth-order valence-corrected chi connectivity index (χ4v) is 2.51. The van der Waals surface area contributed by atoms with Crippen molar-refractivity contribution in [3.8, 4) is 11.4 Å². The van der Waals surface area contributed by atoms with E-state index in [1.54, 1.807) is 6.20 Å². The fraction of sp³-hybridized carbons (Fsp3) is 0.385. The van der Waals surface area contributed by atoms with Gasteiger partial charge in [0.2, 0.25) is 0 Å². The third-order valence-electron chi connectivity index (χ3n) is 3.39. The lowest BCUT2D eigenvalue weighted by atomic mass is 9.98. The van der Waals surface area contributed by atoms with E-state index in [9.17, 15) is 0 Å². The van der Waals surface area contributed by atoms with Crippen LogP contribution in [0.1, 0.15) is 37.2 Å². The molecule has 2 aromatic rings. The lowest BCUT2D eigenvalue weighted by Gasteiger charge is -2.09. The highest BCUT2D eigenvalue weighted by Gasteiger charge is 2.17. The summed E-state index contributed by atoms with van der Waals surface area (Å²) in [6.07, 6.45) is 9.06. The molecule has 0 aliphatic heterocycles. The highest BCUT2D eigenvalue weighted by atomic mass is 15.1. The predicted molar refractivity (Wildman–Crippen MR) is 63.0 cm³/mol. The van der Waals surface area contributed by atoms with Crippen LogP contribution in [0.3, 0.4) is 0 Å².